The first-order valence-corrected chi connectivity index (χ1v) is 10.8. The van der Waals surface area contributed by atoms with Crippen LogP contribution in [0.15, 0.2) is 58.6 Å². The van der Waals surface area contributed by atoms with Crippen molar-refractivity contribution < 1.29 is 13.5 Å². The fourth-order valence-electron chi connectivity index (χ4n) is 3.89. The van der Waals surface area contributed by atoms with Crippen LogP contribution in [0, 0.1) is 11.6 Å². The van der Waals surface area contributed by atoms with Crippen LogP contribution < -0.4 is 15.9 Å². The van der Waals surface area contributed by atoms with Crippen LogP contribution >= 0.6 is 0 Å². The molecule has 1 atom stereocenters. The molecule has 33 heavy (non-hydrogen) atoms. The van der Waals surface area contributed by atoms with Gasteiger partial charge in [-0.1, -0.05) is 12.1 Å². The minimum absolute atomic E-state index is 0.124. The van der Waals surface area contributed by atoms with E-state index in [-0.39, 0.29) is 17.1 Å². The third-order valence-electron chi connectivity index (χ3n) is 5.84. The lowest BCUT2D eigenvalue weighted by atomic mass is 10.1. The molecule has 2 aromatic heterocycles. The first-order valence-electron chi connectivity index (χ1n) is 10.8. The van der Waals surface area contributed by atoms with Crippen molar-refractivity contribution in [3.8, 4) is 5.75 Å². The number of methoxy groups -OCH3 is 1. The van der Waals surface area contributed by atoms with Gasteiger partial charge in [0.1, 0.15) is 23.0 Å². The third kappa shape index (κ3) is 4.18. The average molecular weight is 451 g/mol. The van der Waals surface area contributed by atoms with Crippen molar-refractivity contribution in [3.63, 3.8) is 0 Å². The van der Waals surface area contributed by atoms with Gasteiger partial charge in [0, 0.05) is 6.07 Å². The lowest BCUT2D eigenvalue weighted by Gasteiger charge is -2.17. The summed E-state index contributed by atoms with van der Waals surface area (Å²) in [5.74, 6) is -0.629. The van der Waals surface area contributed by atoms with E-state index in [1.165, 1.54) is 16.7 Å². The fraction of sp³-hybridized carbons (Fsp3) is 0.292. The maximum Gasteiger partial charge on any atom is 0.283 e. The summed E-state index contributed by atoms with van der Waals surface area (Å²) in [6.07, 6.45) is 3.48. The summed E-state index contributed by atoms with van der Waals surface area (Å²) in [4.78, 5) is 25.8. The Morgan fingerprint density at radius 3 is 2.52 bits per heavy atom. The first kappa shape index (κ1) is 21.1. The zero-order valence-corrected chi connectivity index (χ0v) is 18.3. The van der Waals surface area contributed by atoms with Gasteiger partial charge in [0.05, 0.1) is 32.1 Å². The molecular weight excluding hydrogens is 428 g/mol. The predicted molar refractivity (Wildman–Crippen MR) is 119 cm³/mol. The molecule has 1 unspecified atom stereocenters. The molecule has 1 aliphatic carbocycles. The van der Waals surface area contributed by atoms with Crippen LogP contribution in [-0.2, 0) is 6.54 Å². The molecule has 0 spiro atoms. The van der Waals surface area contributed by atoms with Crippen LogP contribution in [0.3, 0.4) is 0 Å². The van der Waals surface area contributed by atoms with Crippen molar-refractivity contribution in [1.82, 2.24) is 19.1 Å². The highest BCUT2D eigenvalue weighted by Gasteiger charge is 2.23. The van der Waals surface area contributed by atoms with E-state index in [0.29, 0.717) is 23.4 Å². The number of hydrogen-bond donors (Lipinski definition) is 1. The number of imidazole rings is 1. The zero-order valence-electron chi connectivity index (χ0n) is 18.3. The standard InChI is InChI=1S/C24H23F2N5O2/c1-14(16-9-17(25)11-18(26)10-16)31-23(32)21-22(29-24(31)28-19-5-6-19)30(13-27-21)12-15-3-7-20(33-2)8-4-15/h3-4,7-11,13-14,19H,5-6,12H2,1-2H3,(H,28,29). The number of rotatable bonds is 6. The Balaban J connectivity index is 1.63. The van der Waals surface area contributed by atoms with Crippen LogP contribution in [0.25, 0.3) is 11.2 Å². The first-order chi connectivity index (χ1) is 15.9. The minimum Gasteiger partial charge on any atom is -0.497 e. The van der Waals surface area contributed by atoms with E-state index in [4.69, 9.17) is 4.74 Å². The zero-order chi connectivity index (χ0) is 23.1. The normalized spacial score (nSPS) is 15.2. The Bertz CT molecular complexity index is 1430. The smallest absolute Gasteiger partial charge is 0.283 e. The molecule has 2 aromatic carbocycles. The maximum atomic E-state index is 13.9. The molecular formula is C24H23F2N5O2. The van der Waals surface area contributed by atoms with E-state index >= 15 is 0 Å². The largest absolute Gasteiger partial charge is 0.497 e. The van der Waals surface area contributed by atoms with Gasteiger partial charge >= 0.3 is 0 Å². The van der Waals surface area contributed by atoms with E-state index in [1.54, 1.807) is 20.4 Å². The summed E-state index contributed by atoms with van der Waals surface area (Å²) >= 11 is 0. The summed E-state index contributed by atoms with van der Waals surface area (Å²) in [5, 5.41) is 0. The van der Waals surface area contributed by atoms with E-state index in [1.807, 2.05) is 28.8 Å². The van der Waals surface area contributed by atoms with Crippen molar-refractivity contribution in [2.75, 3.05) is 7.11 Å². The molecule has 170 valence electrons. The van der Waals surface area contributed by atoms with Crippen molar-refractivity contribution in [1.29, 1.82) is 0 Å². The summed E-state index contributed by atoms with van der Waals surface area (Å²) < 4.78 is 36.2. The van der Waals surface area contributed by atoms with Crippen molar-refractivity contribution in [2.24, 2.45) is 4.99 Å². The van der Waals surface area contributed by atoms with Gasteiger partial charge in [0.15, 0.2) is 5.52 Å². The fourth-order valence-corrected chi connectivity index (χ4v) is 3.89. The minimum atomic E-state index is -0.695. The molecule has 0 radical (unpaired) electrons. The van der Waals surface area contributed by atoms with Crippen LogP contribution in [0.5, 0.6) is 5.75 Å². The molecule has 1 saturated carbocycles. The Morgan fingerprint density at radius 2 is 1.88 bits per heavy atom. The molecule has 0 amide bonds. The van der Waals surface area contributed by atoms with E-state index in [9.17, 15) is 13.6 Å². The molecule has 7 nitrogen and oxygen atoms in total. The van der Waals surface area contributed by atoms with Gasteiger partial charge in [-0.2, -0.15) is 0 Å². The summed E-state index contributed by atoms with van der Waals surface area (Å²) in [6.45, 7) is 2.21. The molecule has 0 bridgehead atoms. The highest BCUT2D eigenvalue weighted by molar-refractivity contribution is 5.69. The number of aromatic nitrogens is 4. The molecule has 9 heteroatoms. The second kappa shape index (κ2) is 8.31. The molecule has 5 rings (SSSR count). The number of nitrogens with zero attached hydrogens (tertiary/aromatic N) is 4. The van der Waals surface area contributed by atoms with Gasteiger partial charge < -0.3 is 14.3 Å². The molecule has 0 aliphatic heterocycles. The summed E-state index contributed by atoms with van der Waals surface area (Å²) in [5.41, 5.74) is 2.13. The van der Waals surface area contributed by atoms with E-state index in [0.717, 1.165) is 30.2 Å². The van der Waals surface area contributed by atoms with E-state index in [2.05, 4.69) is 15.0 Å². The number of halogens is 2. The number of fused-ring (bicyclic) bond motifs is 1. The Kier molecular flexibility index (Phi) is 5.32. The highest BCUT2D eigenvalue weighted by Crippen LogP contribution is 2.23. The lowest BCUT2D eigenvalue weighted by Crippen LogP contribution is -2.39. The summed E-state index contributed by atoms with van der Waals surface area (Å²) in [6, 6.07) is 10.4. The number of benzene rings is 2. The molecule has 2 heterocycles. The van der Waals surface area contributed by atoms with Crippen LogP contribution in [-0.4, -0.2) is 32.3 Å². The topological polar surface area (TPSA) is 77.2 Å². The summed E-state index contributed by atoms with van der Waals surface area (Å²) in [7, 11) is 1.61. The highest BCUT2D eigenvalue weighted by atomic mass is 19.1. The quantitative estimate of drug-likeness (QED) is 0.487. The molecule has 1 fully saturated rings. The average Bonchev–Trinajstić information content (AvgIpc) is 3.52. The van der Waals surface area contributed by atoms with Gasteiger partial charge in [-0.25, -0.2) is 18.8 Å². The Labute approximate surface area is 188 Å². The maximum absolute atomic E-state index is 13.9. The number of ether oxygens (including phenoxy) is 1. The number of aromatic amines is 1. The van der Waals surface area contributed by atoms with Crippen LogP contribution in [0.1, 0.15) is 36.9 Å². The Hall–Kier alpha value is -3.75. The molecule has 1 N–H and O–H groups in total. The van der Waals surface area contributed by atoms with Crippen LogP contribution in [0.4, 0.5) is 8.78 Å². The van der Waals surface area contributed by atoms with Gasteiger partial charge in [0.2, 0.25) is 5.62 Å². The second-order valence-electron chi connectivity index (χ2n) is 8.28. The van der Waals surface area contributed by atoms with Crippen molar-refractivity contribution in [3.05, 3.63) is 87.5 Å². The number of hydrogen-bond acceptors (Lipinski definition) is 4. The number of H-pyrrole nitrogens is 1. The lowest BCUT2D eigenvalue weighted by molar-refractivity contribution is 0.414. The molecule has 4 aromatic rings. The van der Waals surface area contributed by atoms with Gasteiger partial charge in [-0.15, -0.1) is 0 Å². The van der Waals surface area contributed by atoms with Gasteiger partial charge in [0.25, 0.3) is 5.56 Å². The SMILES string of the molecule is COc1ccc(Cn2cnc3c(=O)n(C(C)c4cc(F)cc(F)c4)/c(=N/C4CC4)[nH]c32)cc1. The van der Waals surface area contributed by atoms with Crippen molar-refractivity contribution >= 4 is 11.2 Å². The van der Waals surface area contributed by atoms with E-state index < -0.39 is 17.7 Å². The predicted octanol–water partition coefficient (Wildman–Crippen LogP) is 3.53. The molecule has 1 aliphatic rings. The number of nitrogens with one attached hydrogen (secondary N) is 1. The Morgan fingerprint density at radius 1 is 1.18 bits per heavy atom. The van der Waals surface area contributed by atoms with Gasteiger partial charge in [-0.3, -0.25) is 9.36 Å². The van der Waals surface area contributed by atoms with Gasteiger partial charge in [-0.05, 0) is 55.2 Å². The second-order valence-corrected chi connectivity index (χ2v) is 8.28. The third-order valence-corrected chi connectivity index (χ3v) is 5.84. The molecule has 0 saturated heterocycles. The van der Waals surface area contributed by atoms with Crippen molar-refractivity contribution in [2.45, 2.75) is 38.4 Å². The monoisotopic (exact) mass is 451 g/mol. The van der Waals surface area contributed by atoms with Crippen LogP contribution in [0.2, 0.25) is 0 Å².